The van der Waals surface area contributed by atoms with Crippen molar-refractivity contribution >= 4 is 33.6 Å². The van der Waals surface area contributed by atoms with Crippen molar-refractivity contribution < 1.29 is 4.79 Å². The topological polar surface area (TPSA) is 46.9 Å². The normalized spacial score (nSPS) is 36.9. The molecule has 0 aliphatic heterocycles. The maximum Gasteiger partial charge on any atom is 0.230 e. The zero-order chi connectivity index (χ0) is 16.8. The van der Waals surface area contributed by atoms with E-state index in [4.69, 9.17) is 0 Å². The molecule has 1 aromatic heterocycles. The molecule has 4 bridgehead atoms. The number of thioether (sulfide) groups is 1. The minimum atomic E-state index is 0.144. The third-order valence-corrected chi connectivity index (χ3v) is 8.05. The first kappa shape index (κ1) is 17.0. The van der Waals surface area contributed by atoms with Gasteiger partial charge in [0.15, 0.2) is 5.16 Å². The Labute approximate surface area is 156 Å². The maximum absolute atomic E-state index is 12.3. The molecule has 1 heterocycles. The summed E-state index contributed by atoms with van der Waals surface area (Å²) in [7, 11) is 0. The summed E-state index contributed by atoms with van der Waals surface area (Å²) in [5.41, 5.74) is 0.343. The Kier molecular flexibility index (Phi) is 4.48. The van der Waals surface area contributed by atoms with Crippen molar-refractivity contribution in [1.82, 2.24) is 14.9 Å². The first-order valence-electron chi connectivity index (χ1n) is 9.09. The fourth-order valence-electron chi connectivity index (χ4n) is 5.69. The van der Waals surface area contributed by atoms with Gasteiger partial charge in [0, 0.05) is 29.8 Å². The van der Waals surface area contributed by atoms with E-state index >= 15 is 0 Å². The van der Waals surface area contributed by atoms with Gasteiger partial charge < -0.3 is 9.88 Å². The van der Waals surface area contributed by atoms with E-state index in [9.17, 15) is 4.79 Å². The van der Waals surface area contributed by atoms with E-state index in [1.54, 1.807) is 6.20 Å². The summed E-state index contributed by atoms with van der Waals surface area (Å²) in [5, 5.41) is 4.17. The molecule has 6 heteroatoms. The number of nitrogens with zero attached hydrogens (tertiary/aromatic N) is 2. The minimum absolute atomic E-state index is 0.144. The number of rotatable bonds is 6. The summed E-state index contributed by atoms with van der Waals surface area (Å²) < 4.78 is 2.44. The highest BCUT2D eigenvalue weighted by molar-refractivity contribution is 9.10. The number of amides is 1. The Morgan fingerprint density at radius 3 is 2.83 bits per heavy atom. The fraction of sp³-hybridized carbons (Fsp3) is 0.778. The Balaban J connectivity index is 1.31. The molecule has 0 spiro atoms. The first-order valence-corrected chi connectivity index (χ1v) is 10.9. The van der Waals surface area contributed by atoms with Crippen LogP contribution in [-0.2, 0) is 11.3 Å². The SMILES string of the molecule is CCn1ccnc1SCC(=O)NCC12C[C@H]3C[C@@H](CC(Br)(C3)C1)C2. The first-order chi connectivity index (χ1) is 11.5. The molecule has 1 N–H and O–H groups in total. The van der Waals surface area contributed by atoms with Crippen molar-refractivity contribution in [3.05, 3.63) is 12.4 Å². The molecule has 1 amide bonds. The van der Waals surface area contributed by atoms with Crippen molar-refractivity contribution in [3.63, 3.8) is 0 Å². The Hall–Kier alpha value is -0.490. The third-order valence-electron chi connectivity index (χ3n) is 6.12. The van der Waals surface area contributed by atoms with E-state index < -0.39 is 0 Å². The molecule has 0 aromatic carbocycles. The predicted molar refractivity (Wildman–Crippen MR) is 100 cm³/mol. The molecule has 0 unspecified atom stereocenters. The van der Waals surface area contributed by atoms with E-state index in [0.717, 1.165) is 30.1 Å². The summed E-state index contributed by atoms with van der Waals surface area (Å²) in [5.74, 6) is 2.34. The Morgan fingerprint density at radius 2 is 2.17 bits per heavy atom. The number of aromatic nitrogens is 2. The van der Waals surface area contributed by atoms with Gasteiger partial charge in [-0.15, -0.1) is 0 Å². The smallest absolute Gasteiger partial charge is 0.230 e. The second-order valence-electron chi connectivity index (χ2n) is 8.17. The molecule has 24 heavy (non-hydrogen) atoms. The number of imidazole rings is 1. The van der Waals surface area contributed by atoms with Crippen molar-refractivity contribution in [3.8, 4) is 0 Å². The summed E-state index contributed by atoms with van der Waals surface area (Å²) >= 11 is 5.58. The van der Waals surface area contributed by atoms with Gasteiger partial charge in [0.25, 0.3) is 0 Å². The van der Waals surface area contributed by atoms with Crippen molar-refractivity contribution in [2.24, 2.45) is 17.3 Å². The second kappa shape index (κ2) is 6.35. The van der Waals surface area contributed by atoms with E-state index in [1.807, 2.05) is 6.20 Å². The van der Waals surface area contributed by atoms with Gasteiger partial charge in [-0.2, -0.15) is 0 Å². The Bertz CT molecular complexity index is 618. The number of halogens is 1. The van der Waals surface area contributed by atoms with Crippen LogP contribution >= 0.6 is 27.7 Å². The summed E-state index contributed by atoms with van der Waals surface area (Å²) in [6.07, 6.45) is 11.7. The largest absolute Gasteiger partial charge is 0.355 e. The molecule has 0 saturated heterocycles. The molecular weight excluding hydrogens is 386 g/mol. The zero-order valence-electron chi connectivity index (χ0n) is 14.3. The number of carbonyl (C=O) groups is 1. The highest BCUT2D eigenvalue weighted by Gasteiger charge is 2.56. The minimum Gasteiger partial charge on any atom is -0.355 e. The Morgan fingerprint density at radius 1 is 1.42 bits per heavy atom. The number of nitrogens with one attached hydrogen (secondary N) is 1. The lowest BCUT2D eigenvalue weighted by Gasteiger charge is -2.60. The van der Waals surface area contributed by atoms with Gasteiger partial charge >= 0.3 is 0 Å². The van der Waals surface area contributed by atoms with E-state index in [0.29, 0.717) is 15.5 Å². The van der Waals surface area contributed by atoms with Crippen molar-refractivity contribution in [1.29, 1.82) is 0 Å². The molecule has 5 rings (SSSR count). The van der Waals surface area contributed by atoms with E-state index in [2.05, 4.69) is 37.7 Å². The van der Waals surface area contributed by atoms with Crippen LogP contribution in [0.1, 0.15) is 45.4 Å². The lowest BCUT2D eigenvalue weighted by molar-refractivity contribution is -0.120. The van der Waals surface area contributed by atoms with Crippen LogP contribution in [-0.4, -0.2) is 32.1 Å². The maximum atomic E-state index is 12.3. The summed E-state index contributed by atoms with van der Waals surface area (Å²) in [4.78, 5) is 16.7. The average Bonchev–Trinajstić information content (AvgIpc) is 2.96. The predicted octanol–water partition coefficient (Wildman–Crippen LogP) is 3.85. The molecule has 0 radical (unpaired) electrons. The van der Waals surface area contributed by atoms with Crippen molar-refractivity contribution in [2.75, 3.05) is 12.3 Å². The van der Waals surface area contributed by atoms with Crippen LogP contribution < -0.4 is 5.32 Å². The van der Waals surface area contributed by atoms with Gasteiger partial charge in [-0.25, -0.2) is 4.98 Å². The molecular formula is C18H26BrN3OS. The van der Waals surface area contributed by atoms with Gasteiger partial charge in [0.1, 0.15) is 0 Å². The highest BCUT2D eigenvalue weighted by Crippen LogP contribution is 2.64. The quantitative estimate of drug-likeness (QED) is 0.571. The number of carbonyl (C=O) groups excluding carboxylic acids is 1. The van der Waals surface area contributed by atoms with Crippen molar-refractivity contribution in [2.45, 2.75) is 61.5 Å². The van der Waals surface area contributed by atoms with Gasteiger partial charge in [-0.1, -0.05) is 27.7 Å². The van der Waals surface area contributed by atoms with Crippen LogP contribution in [0.5, 0.6) is 0 Å². The number of aryl methyl sites for hydroxylation is 1. The average molecular weight is 412 g/mol. The van der Waals surface area contributed by atoms with Gasteiger partial charge in [0.2, 0.25) is 5.91 Å². The molecule has 4 nitrogen and oxygen atoms in total. The van der Waals surface area contributed by atoms with Crippen LogP contribution in [0.4, 0.5) is 0 Å². The van der Waals surface area contributed by atoms with Gasteiger partial charge in [0.05, 0.1) is 5.75 Å². The zero-order valence-corrected chi connectivity index (χ0v) is 16.7. The van der Waals surface area contributed by atoms with Gasteiger partial charge in [-0.05, 0) is 62.7 Å². The van der Waals surface area contributed by atoms with Crippen LogP contribution in [0.15, 0.2) is 17.6 Å². The molecule has 132 valence electrons. The molecule has 4 aliphatic carbocycles. The van der Waals surface area contributed by atoms with Crippen LogP contribution in [0, 0.1) is 17.3 Å². The fourth-order valence-corrected chi connectivity index (χ4v) is 8.05. The standard InChI is InChI=1S/C18H26BrN3OS/c1-2-22-4-3-20-16(22)24-10-15(23)21-12-17-6-13-5-14(7-17)9-18(19,8-13)11-17/h3-4,13-14H,2,5-12H2,1H3,(H,21,23)/t13-,14-,17?,18?/m1/s1. The monoisotopic (exact) mass is 411 g/mol. The summed E-state index contributed by atoms with van der Waals surface area (Å²) in [6, 6.07) is 0. The highest BCUT2D eigenvalue weighted by atomic mass is 79.9. The summed E-state index contributed by atoms with van der Waals surface area (Å²) in [6.45, 7) is 3.84. The number of alkyl halides is 1. The van der Waals surface area contributed by atoms with E-state index in [-0.39, 0.29) is 5.91 Å². The molecule has 2 atom stereocenters. The molecule has 1 aromatic rings. The van der Waals surface area contributed by atoms with Crippen LogP contribution in [0.2, 0.25) is 0 Å². The van der Waals surface area contributed by atoms with Crippen LogP contribution in [0.3, 0.4) is 0 Å². The lowest BCUT2D eigenvalue weighted by atomic mass is 9.49. The van der Waals surface area contributed by atoms with Gasteiger partial charge in [-0.3, -0.25) is 4.79 Å². The molecule has 4 fully saturated rings. The molecule has 4 saturated carbocycles. The second-order valence-corrected chi connectivity index (χ2v) is 10.8. The van der Waals surface area contributed by atoms with E-state index in [1.165, 1.54) is 50.3 Å². The molecule has 4 aliphatic rings. The number of hydrogen-bond donors (Lipinski definition) is 1. The number of hydrogen-bond acceptors (Lipinski definition) is 3. The lowest BCUT2D eigenvalue weighted by Crippen LogP contribution is -2.56. The third kappa shape index (κ3) is 3.28. The van der Waals surface area contributed by atoms with Crippen LogP contribution in [0.25, 0.3) is 0 Å².